The lowest BCUT2D eigenvalue weighted by atomic mass is 10.0. The van der Waals surface area contributed by atoms with E-state index in [0.717, 1.165) is 5.52 Å². The standard InChI is InChI=1S/C21H31N/c1-2-3-4-5-6-7-8-9-10-11-13-19-15-16-20-14-12-17-22-21(20)18-19/h12,14-18H,2-11,13H2,1H3. The molecule has 0 radical (unpaired) electrons. The summed E-state index contributed by atoms with van der Waals surface area (Å²) < 4.78 is 0. The lowest BCUT2D eigenvalue weighted by Gasteiger charge is -2.04. The largest absolute Gasteiger partial charge is 0.256 e. The van der Waals surface area contributed by atoms with Gasteiger partial charge in [-0.15, -0.1) is 0 Å². The Kier molecular flexibility index (Phi) is 8.01. The van der Waals surface area contributed by atoms with Gasteiger partial charge in [0.1, 0.15) is 0 Å². The molecular formula is C21H31N. The molecule has 120 valence electrons. The maximum absolute atomic E-state index is 4.44. The Morgan fingerprint density at radius 3 is 2.18 bits per heavy atom. The van der Waals surface area contributed by atoms with Gasteiger partial charge in [0.15, 0.2) is 0 Å². The molecule has 1 heterocycles. The van der Waals surface area contributed by atoms with Crippen LogP contribution in [0.5, 0.6) is 0 Å². The van der Waals surface area contributed by atoms with Crippen LogP contribution in [0.2, 0.25) is 0 Å². The quantitative estimate of drug-likeness (QED) is 0.421. The molecule has 0 atom stereocenters. The van der Waals surface area contributed by atoms with Crippen LogP contribution in [0.25, 0.3) is 10.9 Å². The Morgan fingerprint density at radius 1 is 0.773 bits per heavy atom. The van der Waals surface area contributed by atoms with E-state index >= 15 is 0 Å². The molecule has 0 aliphatic rings. The van der Waals surface area contributed by atoms with Crippen molar-refractivity contribution in [2.45, 2.75) is 77.6 Å². The van der Waals surface area contributed by atoms with Gasteiger partial charge in [-0.1, -0.05) is 82.9 Å². The second-order valence-corrected chi connectivity index (χ2v) is 6.46. The van der Waals surface area contributed by atoms with Gasteiger partial charge in [-0.3, -0.25) is 4.98 Å². The number of fused-ring (bicyclic) bond motifs is 1. The van der Waals surface area contributed by atoms with Crippen LogP contribution in [-0.4, -0.2) is 4.98 Å². The smallest absolute Gasteiger partial charge is 0.0704 e. The minimum absolute atomic E-state index is 1.13. The molecule has 0 bridgehead atoms. The second-order valence-electron chi connectivity index (χ2n) is 6.46. The molecule has 0 unspecified atom stereocenters. The van der Waals surface area contributed by atoms with Crippen LogP contribution in [-0.2, 0) is 6.42 Å². The molecule has 0 aliphatic heterocycles. The molecule has 1 aromatic heterocycles. The van der Waals surface area contributed by atoms with Gasteiger partial charge in [-0.05, 0) is 30.5 Å². The van der Waals surface area contributed by atoms with Gasteiger partial charge in [0, 0.05) is 11.6 Å². The number of pyridine rings is 1. The zero-order valence-corrected chi connectivity index (χ0v) is 14.2. The van der Waals surface area contributed by atoms with E-state index < -0.39 is 0 Å². The van der Waals surface area contributed by atoms with Gasteiger partial charge in [-0.25, -0.2) is 0 Å². The summed E-state index contributed by atoms with van der Waals surface area (Å²) in [5.41, 5.74) is 2.57. The molecule has 0 aliphatic carbocycles. The number of rotatable bonds is 11. The molecule has 22 heavy (non-hydrogen) atoms. The van der Waals surface area contributed by atoms with Crippen molar-refractivity contribution in [1.82, 2.24) is 4.98 Å². The molecule has 0 spiro atoms. The van der Waals surface area contributed by atoms with Gasteiger partial charge in [0.25, 0.3) is 0 Å². The van der Waals surface area contributed by atoms with Crippen molar-refractivity contribution in [1.29, 1.82) is 0 Å². The number of unbranched alkanes of at least 4 members (excludes halogenated alkanes) is 9. The average Bonchev–Trinajstić information content (AvgIpc) is 2.56. The van der Waals surface area contributed by atoms with E-state index in [1.807, 2.05) is 12.3 Å². The Labute approximate surface area is 136 Å². The van der Waals surface area contributed by atoms with Crippen molar-refractivity contribution in [3.05, 3.63) is 42.1 Å². The molecule has 2 rings (SSSR count). The Hall–Kier alpha value is -1.37. The predicted octanol–water partition coefficient (Wildman–Crippen LogP) is 6.70. The van der Waals surface area contributed by atoms with Gasteiger partial charge in [0.2, 0.25) is 0 Å². The number of aromatic nitrogens is 1. The summed E-state index contributed by atoms with van der Waals surface area (Å²) in [6.07, 6.45) is 17.1. The van der Waals surface area contributed by atoms with E-state index in [2.05, 4.69) is 36.2 Å². The van der Waals surface area contributed by atoms with Gasteiger partial charge in [0.05, 0.1) is 5.52 Å². The molecular weight excluding hydrogens is 266 g/mol. The molecule has 1 nitrogen and oxygen atoms in total. The maximum Gasteiger partial charge on any atom is 0.0704 e. The number of hydrogen-bond acceptors (Lipinski definition) is 1. The topological polar surface area (TPSA) is 12.9 Å². The SMILES string of the molecule is CCCCCCCCCCCCc1ccc2cccnc2c1. The highest BCUT2D eigenvalue weighted by molar-refractivity contribution is 5.78. The van der Waals surface area contributed by atoms with E-state index in [9.17, 15) is 0 Å². The van der Waals surface area contributed by atoms with Crippen molar-refractivity contribution in [3.63, 3.8) is 0 Å². The minimum Gasteiger partial charge on any atom is -0.256 e. The van der Waals surface area contributed by atoms with E-state index in [0.29, 0.717) is 0 Å². The van der Waals surface area contributed by atoms with E-state index in [4.69, 9.17) is 0 Å². The van der Waals surface area contributed by atoms with Crippen molar-refractivity contribution in [3.8, 4) is 0 Å². The zero-order valence-electron chi connectivity index (χ0n) is 14.2. The molecule has 1 heteroatoms. The van der Waals surface area contributed by atoms with Gasteiger partial charge in [-0.2, -0.15) is 0 Å². The third-order valence-electron chi connectivity index (χ3n) is 4.49. The monoisotopic (exact) mass is 297 g/mol. The number of nitrogens with zero attached hydrogens (tertiary/aromatic N) is 1. The second kappa shape index (κ2) is 10.4. The highest BCUT2D eigenvalue weighted by Crippen LogP contribution is 2.16. The first-order valence-corrected chi connectivity index (χ1v) is 9.24. The van der Waals surface area contributed by atoms with Crippen LogP contribution < -0.4 is 0 Å². The third-order valence-corrected chi connectivity index (χ3v) is 4.49. The highest BCUT2D eigenvalue weighted by atomic mass is 14.6. The maximum atomic E-state index is 4.44. The summed E-state index contributed by atoms with van der Waals surface area (Å²) in [6, 6.07) is 10.9. The molecule has 0 saturated heterocycles. The Balaban J connectivity index is 1.54. The predicted molar refractivity (Wildman–Crippen MR) is 97.3 cm³/mol. The van der Waals surface area contributed by atoms with E-state index in [1.54, 1.807) is 0 Å². The van der Waals surface area contributed by atoms with Gasteiger partial charge >= 0.3 is 0 Å². The lowest BCUT2D eigenvalue weighted by molar-refractivity contribution is 0.556. The van der Waals surface area contributed by atoms with Crippen LogP contribution in [0, 0.1) is 0 Å². The fourth-order valence-electron chi connectivity index (χ4n) is 3.08. The van der Waals surface area contributed by atoms with E-state index in [-0.39, 0.29) is 0 Å². The third kappa shape index (κ3) is 6.17. The zero-order chi connectivity index (χ0) is 15.5. The van der Waals surface area contributed by atoms with Crippen molar-refractivity contribution in [2.75, 3.05) is 0 Å². The first kappa shape index (κ1) is 17.0. The average molecular weight is 297 g/mol. The first-order chi connectivity index (χ1) is 10.9. The molecule has 2 aromatic rings. The summed E-state index contributed by atoms with van der Waals surface area (Å²) in [4.78, 5) is 4.44. The normalized spacial score (nSPS) is 11.1. The number of aryl methyl sites for hydroxylation is 1. The summed E-state index contributed by atoms with van der Waals surface area (Å²) in [5, 5.41) is 1.24. The van der Waals surface area contributed by atoms with Crippen LogP contribution >= 0.6 is 0 Å². The van der Waals surface area contributed by atoms with Crippen LogP contribution in [0.15, 0.2) is 36.5 Å². The highest BCUT2D eigenvalue weighted by Gasteiger charge is 1.98. The van der Waals surface area contributed by atoms with Crippen LogP contribution in [0.3, 0.4) is 0 Å². The van der Waals surface area contributed by atoms with Gasteiger partial charge < -0.3 is 0 Å². The van der Waals surface area contributed by atoms with Crippen molar-refractivity contribution >= 4 is 10.9 Å². The Morgan fingerprint density at radius 2 is 1.45 bits per heavy atom. The molecule has 0 amide bonds. The minimum atomic E-state index is 1.13. The van der Waals surface area contributed by atoms with Crippen LogP contribution in [0.1, 0.15) is 76.7 Å². The van der Waals surface area contributed by atoms with Crippen LogP contribution in [0.4, 0.5) is 0 Å². The number of benzene rings is 1. The lowest BCUT2D eigenvalue weighted by Crippen LogP contribution is -1.88. The molecule has 0 fully saturated rings. The Bertz CT molecular complexity index is 532. The summed E-state index contributed by atoms with van der Waals surface area (Å²) in [6.45, 7) is 2.28. The van der Waals surface area contributed by atoms with E-state index in [1.165, 1.54) is 81.6 Å². The summed E-state index contributed by atoms with van der Waals surface area (Å²) in [7, 11) is 0. The fourth-order valence-corrected chi connectivity index (χ4v) is 3.08. The summed E-state index contributed by atoms with van der Waals surface area (Å²) in [5.74, 6) is 0. The first-order valence-electron chi connectivity index (χ1n) is 9.24. The number of hydrogen-bond donors (Lipinski definition) is 0. The molecule has 0 N–H and O–H groups in total. The molecule has 0 saturated carbocycles. The van der Waals surface area contributed by atoms with Crippen molar-refractivity contribution in [2.24, 2.45) is 0 Å². The fraction of sp³-hybridized carbons (Fsp3) is 0.571. The molecule has 1 aromatic carbocycles. The summed E-state index contributed by atoms with van der Waals surface area (Å²) >= 11 is 0. The van der Waals surface area contributed by atoms with Crippen molar-refractivity contribution < 1.29 is 0 Å².